The highest BCUT2D eigenvalue weighted by molar-refractivity contribution is 6.27. The van der Waals surface area contributed by atoms with Gasteiger partial charge in [0, 0.05) is 17.4 Å². The first-order valence-electron chi connectivity index (χ1n) is 9.94. The highest BCUT2D eigenvalue weighted by Gasteiger charge is 2.36. The van der Waals surface area contributed by atoms with Gasteiger partial charge < -0.3 is 19.4 Å². The van der Waals surface area contributed by atoms with Gasteiger partial charge >= 0.3 is 5.97 Å². The SMILES string of the molecule is CC(C)=CC[C@@H](OC(=O)c1cc2ccccc2o1)C1=CC(=O)c2c(O)ccc(O)c2C1=O. The first kappa shape index (κ1) is 21.1. The number of phenols is 2. The van der Waals surface area contributed by atoms with E-state index in [2.05, 4.69) is 0 Å². The molecule has 32 heavy (non-hydrogen) atoms. The van der Waals surface area contributed by atoms with Crippen LogP contribution in [0.3, 0.4) is 0 Å². The summed E-state index contributed by atoms with van der Waals surface area (Å²) in [5.74, 6) is -3.04. The Balaban J connectivity index is 1.71. The van der Waals surface area contributed by atoms with Crippen LogP contribution in [0.2, 0.25) is 0 Å². The van der Waals surface area contributed by atoms with Gasteiger partial charge in [-0.15, -0.1) is 0 Å². The van der Waals surface area contributed by atoms with E-state index in [1.165, 1.54) is 6.07 Å². The Labute approximate surface area is 183 Å². The molecule has 2 aromatic carbocycles. The molecule has 162 valence electrons. The van der Waals surface area contributed by atoms with E-state index in [-0.39, 0.29) is 28.9 Å². The van der Waals surface area contributed by atoms with Crippen molar-refractivity contribution >= 4 is 28.5 Å². The van der Waals surface area contributed by atoms with Crippen molar-refractivity contribution in [3.8, 4) is 11.5 Å². The third kappa shape index (κ3) is 3.80. The van der Waals surface area contributed by atoms with Crippen LogP contribution in [0.4, 0.5) is 0 Å². The number of carbonyl (C=O) groups excluding carboxylic acids is 3. The van der Waals surface area contributed by atoms with Crippen LogP contribution in [-0.2, 0) is 4.74 Å². The minimum Gasteiger partial charge on any atom is -0.507 e. The maximum Gasteiger partial charge on any atom is 0.374 e. The van der Waals surface area contributed by atoms with Crippen LogP contribution in [0.5, 0.6) is 11.5 Å². The number of phenolic OH excluding ortho intramolecular Hbond substituents is 2. The molecule has 0 spiro atoms. The Morgan fingerprint density at radius 3 is 2.44 bits per heavy atom. The molecule has 1 aliphatic rings. The molecule has 0 radical (unpaired) electrons. The number of esters is 1. The fourth-order valence-electron chi connectivity index (χ4n) is 3.57. The number of ether oxygens (including phenoxy) is 1. The topological polar surface area (TPSA) is 114 Å². The highest BCUT2D eigenvalue weighted by atomic mass is 16.6. The molecule has 7 nitrogen and oxygen atoms in total. The normalized spacial score (nSPS) is 14.0. The smallest absolute Gasteiger partial charge is 0.374 e. The zero-order valence-electron chi connectivity index (χ0n) is 17.4. The molecule has 0 fully saturated rings. The molecule has 3 aromatic rings. The van der Waals surface area contributed by atoms with Crippen LogP contribution >= 0.6 is 0 Å². The van der Waals surface area contributed by atoms with Gasteiger partial charge in [0.1, 0.15) is 23.2 Å². The number of allylic oxidation sites excluding steroid dienone is 2. The molecule has 4 rings (SSSR count). The Kier molecular flexibility index (Phi) is 5.40. The van der Waals surface area contributed by atoms with Gasteiger partial charge in [0.15, 0.2) is 11.6 Å². The Hall–Kier alpha value is -4.13. The third-order valence-corrected chi connectivity index (χ3v) is 5.15. The summed E-state index contributed by atoms with van der Waals surface area (Å²) < 4.78 is 11.1. The van der Waals surface area contributed by atoms with Gasteiger partial charge in [-0.05, 0) is 44.2 Å². The second-order valence-corrected chi connectivity index (χ2v) is 7.71. The second kappa shape index (κ2) is 8.19. The van der Waals surface area contributed by atoms with Gasteiger partial charge in [0.2, 0.25) is 5.76 Å². The Morgan fingerprint density at radius 2 is 1.75 bits per heavy atom. The van der Waals surface area contributed by atoms with Crippen molar-refractivity contribution in [3.05, 3.63) is 82.6 Å². The summed E-state index contributed by atoms with van der Waals surface area (Å²) in [6.07, 6.45) is 1.84. The first-order valence-corrected chi connectivity index (χ1v) is 9.94. The maximum absolute atomic E-state index is 13.2. The van der Waals surface area contributed by atoms with Crippen LogP contribution in [0, 0.1) is 0 Å². The number of rotatable bonds is 5. The summed E-state index contributed by atoms with van der Waals surface area (Å²) in [5.41, 5.74) is 0.756. The fourth-order valence-corrected chi connectivity index (χ4v) is 3.57. The quantitative estimate of drug-likeness (QED) is 0.340. The lowest BCUT2D eigenvalue weighted by molar-refractivity contribution is 0.0339. The standard InChI is InChI=1S/C25H20O7/c1-13(2)7-10-20(32-25(30)21-11-14-5-3-4-6-19(14)31-21)15-12-18(28)22-16(26)8-9-17(27)23(22)24(15)29/h3-9,11-12,20,26-27H,10H2,1-2H3/t20-/m1/s1. The zero-order valence-corrected chi connectivity index (χ0v) is 17.4. The van der Waals surface area contributed by atoms with Gasteiger partial charge in [-0.25, -0.2) is 4.79 Å². The van der Waals surface area contributed by atoms with Crippen molar-refractivity contribution in [1.29, 1.82) is 0 Å². The first-order chi connectivity index (χ1) is 15.3. The van der Waals surface area contributed by atoms with Gasteiger partial charge in [-0.2, -0.15) is 0 Å². The number of benzene rings is 2. The van der Waals surface area contributed by atoms with E-state index >= 15 is 0 Å². The molecule has 0 saturated carbocycles. The number of carbonyl (C=O) groups is 3. The lowest BCUT2D eigenvalue weighted by atomic mass is 9.85. The third-order valence-electron chi connectivity index (χ3n) is 5.15. The minimum atomic E-state index is -1.10. The van der Waals surface area contributed by atoms with E-state index in [1.807, 2.05) is 13.8 Å². The van der Waals surface area contributed by atoms with Crippen LogP contribution in [-0.4, -0.2) is 33.9 Å². The molecule has 0 unspecified atom stereocenters. The molecule has 0 amide bonds. The largest absolute Gasteiger partial charge is 0.507 e. The van der Waals surface area contributed by atoms with Gasteiger partial charge in [0.05, 0.1) is 11.1 Å². The highest BCUT2D eigenvalue weighted by Crippen LogP contribution is 2.36. The number of para-hydroxylation sites is 1. The van der Waals surface area contributed by atoms with Crippen molar-refractivity contribution in [1.82, 2.24) is 0 Å². The molecule has 2 N–H and O–H groups in total. The lowest BCUT2D eigenvalue weighted by Gasteiger charge is -2.23. The average molecular weight is 432 g/mol. The number of aromatic hydroxyl groups is 2. The summed E-state index contributed by atoms with van der Waals surface area (Å²) in [6.45, 7) is 3.69. The average Bonchev–Trinajstić information content (AvgIpc) is 3.19. The summed E-state index contributed by atoms with van der Waals surface area (Å²) in [5, 5.41) is 20.9. The van der Waals surface area contributed by atoms with E-state index in [0.717, 1.165) is 29.2 Å². The number of hydrogen-bond donors (Lipinski definition) is 2. The van der Waals surface area contributed by atoms with Gasteiger partial charge in [0.25, 0.3) is 0 Å². The van der Waals surface area contributed by atoms with Crippen molar-refractivity contribution in [3.63, 3.8) is 0 Å². The summed E-state index contributed by atoms with van der Waals surface area (Å²) >= 11 is 0. The minimum absolute atomic E-state index is 0.0375. The molecule has 1 atom stereocenters. The summed E-state index contributed by atoms with van der Waals surface area (Å²) in [6, 6.07) is 10.9. The number of fused-ring (bicyclic) bond motifs is 2. The molecule has 1 heterocycles. The predicted molar refractivity (Wildman–Crippen MR) is 116 cm³/mol. The van der Waals surface area contributed by atoms with Crippen molar-refractivity contribution in [2.45, 2.75) is 26.4 Å². The maximum atomic E-state index is 13.2. The zero-order chi connectivity index (χ0) is 23.0. The number of Topliss-reactive ketones (excluding diaryl/α,β-unsaturated/α-hetero) is 1. The summed E-state index contributed by atoms with van der Waals surface area (Å²) in [7, 11) is 0. The molecule has 1 aromatic heterocycles. The van der Waals surface area contributed by atoms with Crippen LogP contribution in [0.25, 0.3) is 11.0 Å². The molecular formula is C25H20O7. The second-order valence-electron chi connectivity index (χ2n) is 7.71. The molecule has 0 bridgehead atoms. The van der Waals surface area contributed by atoms with Gasteiger partial charge in [-0.1, -0.05) is 29.8 Å². The number of ketones is 2. The summed E-state index contributed by atoms with van der Waals surface area (Å²) in [4.78, 5) is 38.6. The van der Waals surface area contributed by atoms with E-state index in [4.69, 9.17) is 9.15 Å². The molecular weight excluding hydrogens is 412 g/mol. The molecule has 0 aliphatic heterocycles. The fraction of sp³-hybridized carbons (Fsp3) is 0.160. The van der Waals surface area contributed by atoms with E-state index < -0.39 is 35.1 Å². The van der Waals surface area contributed by atoms with Crippen molar-refractivity contribution in [2.24, 2.45) is 0 Å². The van der Waals surface area contributed by atoms with Crippen LogP contribution < -0.4 is 0 Å². The van der Waals surface area contributed by atoms with Crippen LogP contribution in [0.1, 0.15) is 51.5 Å². The molecule has 7 heteroatoms. The Bertz CT molecular complexity index is 1290. The number of furan rings is 1. The van der Waals surface area contributed by atoms with Crippen molar-refractivity contribution in [2.75, 3.05) is 0 Å². The van der Waals surface area contributed by atoms with Gasteiger partial charge in [-0.3, -0.25) is 9.59 Å². The number of hydrogen-bond acceptors (Lipinski definition) is 7. The van der Waals surface area contributed by atoms with E-state index in [1.54, 1.807) is 30.3 Å². The van der Waals surface area contributed by atoms with Crippen LogP contribution in [0.15, 0.2) is 70.2 Å². The van der Waals surface area contributed by atoms with E-state index in [9.17, 15) is 24.6 Å². The predicted octanol–water partition coefficient (Wildman–Crippen LogP) is 4.73. The Morgan fingerprint density at radius 1 is 1.06 bits per heavy atom. The van der Waals surface area contributed by atoms with Crippen molar-refractivity contribution < 1.29 is 33.8 Å². The molecule has 0 saturated heterocycles. The van der Waals surface area contributed by atoms with E-state index in [0.29, 0.717) is 5.58 Å². The monoisotopic (exact) mass is 432 g/mol. The lowest BCUT2D eigenvalue weighted by Crippen LogP contribution is -2.29. The molecule has 1 aliphatic carbocycles.